The summed E-state index contributed by atoms with van der Waals surface area (Å²) < 4.78 is 11.9. The predicted molar refractivity (Wildman–Crippen MR) is 103 cm³/mol. The number of ether oxygens (including phenoxy) is 1. The molecule has 2 unspecified atom stereocenters. The average molecular weight is 360 g/mol. The molecule has 0 aliphatic carbocycles. The topological polar surface area (TPSA) is 51.6 Å². The van der Waals surface area contributed by atoms with E-state index in [2.05, 4.69) is 38.8 Å². The molecule has 4 nitrogen and oxygen atoms in total. The quantitative estimate of drug-likeness (QED) is 0.746. The lowest BCUT2D eigenvalue weighted by Crippen LogP contribution is -2.42. The van der Waals surface area contributed by atoms with Gasteiger partial charge in [0.25, 0.3) is 0 Å². The number of benzene rings is 1. The summed E-state index contributed by atoms with van der Waals surface area (Å²) in [6.07, 6.45) is 2.23. The predicted octanol–water partition coefficient (Wildman–Crippen LogP) is 4.89. The van der Waals surface area contributed by atoms with Gasteiger partial charge in [0.2, 0.25) is 0 Å². The summed E-state index contributed by atoms with van der Waals surface area (Å²) in [5, 5.41) is 11.2. The van der Waals surface area contributed by atoms with Crippen LogP contribution in [0.15, 0.2) is 48.8 Å². The molecule has 0 spiro atoms. The Morgan fingerprint density at radius 3 is 2.24 bits per heavy atom. The Morgan fingerprint density at radius 2 is 1.68 bits per heavy atom. The summed E-state index contributed by atoms with van der Waals surface area (Å²) in [6.45, 7) is 11.0. The van der Waals surface area contributed by atoms with Crippen molar-refractivity contribution in [2.24, 2.45) is 0 Å². The Morgan fingerprint density at radius 1 is 1.04 bits per heavy atom. The van der Waals surface area contributed by atoms with E-state index in [4.69, 9.17) is 9.16 Å². The van der Waals surface area contributed by atoms with Crippen LogP contribution in [0.25, 0.3) is 0 Å². The minimum atomic E-state index is -2.08. The molecule has 5 heteroatoms. The van der Waals surface area contributed by atoms with E-state index in [0.29, 0.717) is 0 Å². The first-order valence-corrected chi connectivity index (χ1v) is 11.5. The van der Waals surface area contributed by atoms with Gasteiger partial charge < -0.3 is 14.3 Å². The summed E-state index contributed by atoms with van der Waals surface area (Å²) >= 11 is 0. The Labute approximate surface area is 152 Å². The second-order valence-electron chi connectivity index (χ2n) is 7.80. The fraction of sp³-hybridized carbons (Fsp3) is 0.450. The minimum absolute atomic E-state index is 0.0480. The highest BCUT2D eigenvalue weighted by Gasteiger charge is 2.41. The first kappa shape index (κ1) is 19.6. The van der Waals surface area contributed by atoms with Crippen molar-refractivity contribution in [3.8, 4) is 5.75 Å². The molecule has 2 aromatic rings. The van der Waals surface area contributed by atoms with Gasteiger partial charge in [-0.1, -0.05) is 32.9 Å². The van der Waals surface area contributed by atoms with Crippen molar-refractivity contribution in [1.82, 2.24) is 4.98 Å². The zero-order valence-electron chi connectivity index (χ0n) is 16.0. The maximum absolute atomic E-state index is 11.1. The van der Waals surface area contributed by atoms with Gasteiger partial charge in [-0.25, -0.2) is 0 Å². The second kappa shape index (κ2) is 7.68. The Kier molecular flexibility index (Phi) is 6.03. The summed E-state index contributed by atoms with van der Waals surface area (Å²) in [7, 11) is -0.457. The summed E-state index contributed by atoms with van der Waals surface area (Å²) in [4.78, 5) is 4.09. The van der Waals surface area contributed by atoms with E-state index in [0.717, 1.165) is 16.9 Å². The zero-order valence-corrected chi connectivity index (χ0v) is 17.0. The molecule has 1 aromatic carbocycles. The smallest absolute Gasteiger partial charge is 0.193 e. The van der Waals surface area contributed by atoms with Crippen LogP contribution in [0.1, 0.15) is 44.1 Å². The van der Waals surface area contributed by atoms with Gasteiger partial charge in [-0.15, -0.1) is 0 Å². The van der Waals surface area contributed by atoms with Crippen LogP contribution >= 0.6 is 0 Å². The fourth-order valence-electron chi connectivity index (χ4n) is 2.36. The van der Waals surface area contributed by atoms with E-state index in [1.807, 2.05) is 36.4 Å². The van der Waals surface area contributed by atoms with Gasteiger partial charge in [-0.2, -0.15) is 0 Å². The van der Waals surface area contributed by atoms with Crippen LogP contribution in [0.4, 0.5) is 0 Å². The third-order valence-electron chi connectivity index (χ3n) is 4.98. The highest BCUT2D eigenvalue weighted by Crippen LogP contribution is 2.43. The minimum Gasteiger partial charge on any atom is -0.497 e. The zero-order chi connectivity index (χ0) is 18.7. The van der Waals surface area contributed by atoms with Crippen LogP contribution in [-0.4, -0.2) is 25.5 Å². The second-order valence-corrected chi connectivity index (χ2v) is 12.6. The lowest BCUT2D eigenvalue weighted by Gasteiger charge is -2.40. The number of aromatic nitrogens is 1. The normalized spacial score (nSPS) is 14.8. The SMILES string of the molecule is COc1cccc(C(O)C(O[Si](C)(C)C(C)(C)C)c2ccncc2)c1. The third-order valence-corrected chi connectivity index (χ3v) is 9.44. The molecule has 0 saturated heterocycles. The van der Waals surface area contributed by atoms with Crippen molar-refractivity contribution >= 4 is 8.32 Å². The molecule has 0 bridgehead atoms. The molecule has 1 N–H and O–H groups in total. The molecule has 1 aromatic heterocycles. The Balaban J connectivity index is 2.41. The standard InChI is InChI=1S/C20H29NO3Si/c1-20(2,3)25(5,6)24-19(15-10-12-21-13-11-15)18(22)16-8-7-9-17(14-16)23-4/h7-14,18-19,22H,1-6H3. The average Bonchev–Trinajstić information content (AvgIpc) is 2.59. The largest absolute Gasteiger partial charge is 0.497 e. The number of methoxy groups -OCH3 is 1. The first-order valence-electron chi connectivity index (χ1n) is 8.55. The van der Waals surface area contributed by atoms with Crippen LogP contribution in [0.5, 0.6) is 5.75 Å². The van der Waals surface area contributed by atoms with Gasteiger partial charge in [-0.05, 0) is 53.5 Å². The highest BCUT2D eigenvalue weighted by atomic mass is 28.4. The molecule has 0 fully saturated rings. The van der Waals surface area contributed by atoms with Gasteiger partial charge in [0.1, 0.15) is 18.0 Å². The molecular weight excluding hydrogens is 330 g/mol. The molecule has 0 aliphatic heterocycles. The molecule has 0 saturated carbocycles. The van der Waals surface area contributed by atoms with Crippen molar-refractivity contribution in [3.63, 3.8) is 0 Å². The molecule has 25 heavy (non-hydrogen) atoms. The number of nitrogens with zero attached hydrogens (tertiary/aromatic N) is 1. The van der Waals surface area contributed by atoms with Crippen molar-refractivity contribution in [2.45, 2.75) is 51.1 Å². The van der Waals surface area contributed by atoms with Crippen LogP contribution in [0.2, 0.25) is 18.1 Å². The summed E-state index contributed by atoms with van der Waals surface area (Å²) in [6, 6.07) is 11.3. The monoisotopic (exact) mass is 359 g/mol. The van der Waals surface area contributed by atoms with Gasteiger partial charge >= 0.3 is 0 Å². The Bertz CT molecular complexity index is 683. The lowest BCUT2D eigenvalue weighted by atomic mass is 9.99. The van der Waals surface area contributed by atoms with Crippen LogP contribution in [0.3, 0.4) is 0 Å². The van der Waals surface area contributed by atoms with Gasteiger partial charge in [0.05, 0.1) is 7.11 Å². The summed E-state index contributed by atoms with van der Waals surface area (Å²) in [5.41, 5.74) is 1.70. The molecule has 0 aliphatic rings. The van der Waals surface area contributed by atoms with Gasteiger partial charge in [-0.3, -0.25) is 4.98 Å². The maximum atomic E-state index is 11.1. The molecule has 2 atom stereocenters. The van der Waals surface area contributed by atoms with E-state index in [1.165, 1.54) is 0 Å². The number of hydrogen-bond acceptors (Lipinski definition) is 4. The number of hydrogen-bond donors (Lipinski definition) is 1. The van der Waals surface area contributed by atoms with Gasteiger partial charge in [0, 0.05) is 12.4 Å². The van der Waals surface area contributed by atoms with Crippen molar-refractivity contribution in [3.05, 3.63) is 59.9 Å². The summed E-state index contributed by atoms with van der Waals surface area (Å²) in [5.74, 6) is 0.720. The van der Waals surface area contributed by atoms with Crippen molar-refractivity contribution < 1.29 is 14.3 Å². The van der Waals surface area contributed by atoms with E-state index in [1.54, 1.807) is 19.5 Å². The highest BCUT2D eigenvalue weighted by molar-refractivity contribution is 6.74. The lowest BCUT2D eigenvalue weighted by molar-refractivity contribution is 0.0251. The number of aliphatic hydroxyl groups excluding tert-OH is 1. The number of aliphatic hydroxyl groups is 1. The van der Waals surface area contributed by atoms with Crippen LogP contribution < -0.4 is 4.74 Å². The van der Waals surface area contributed by atoms with Gasteiger partial charge in [0.15, 0.2) is 8.32 Å². The maximum Gasteiger partial charge on any atom is 0.193 e. The van der Waals surface area contributed by atoms with Crippen LogP contribution in [-0.2, 0) is 4.43 Å². The third kappa shape index (κ3) is 4.69. The molecular formula is C20H29NO3Si. The molecule has 0 amide bonds. The molecule has 136 valence electrons. The molecule has 1 heterocycles. The van der Waals surface area contributed by atoms with Crippen LogP contribution in [0, 0.1) is 0 Å². The fourth-order valence-corrected chi connectivity index (χ4v) is 3.62. The van der Waals surface area contributed by atoms with E-state index < -0.39 is 20.5 Å². The van der Waals surface area contributed by atoms with Crippen molar-refractivity contribution in [1.29, 1.82) is 0 Å². The molecule has 0 radical (unpaired) electrons. The number of pyridine rings is 1. The Hall–Kier alpha value is -1.69. The first-order chi connectivity index (χ1) is 11.7. The number of rotatable bonds is 6. The van der Waals surface area contributed by atoms with E-state index in [9.17, 15) is 5.11 Å². The van der Waals surface area contributed by atoms with Crippen molar-refractivity contribution in [2.75, 3.05) is 7.11 Å². The van der Waals surface area contributed by atoms with E-state index in [-0.39, 0.29) is 5.04 Å². The van der Waals surface area contributed by atoms with E-state index >= 15 is 0 Å². The molecule has 2 rings (SSSR count).